The largest absolute Gasteiger partial charge is 0.495 e. The van der Waals surface area contributed by atoms with Crippen LogP contribution in [0.4, 0.5) is 0 Å². The molecule has 1 aromatic rings. The maximum absolute atomic E-state index is 10.8. The zero-order valence-corrected chi connectivity index (χ0v) is 8.28. The van der Waals surface area contributed by atoms with Crippen LogP contribution >= 0.6 is 0 Å². The molecular weight excluding hydrogens is 208 g/mol. The van der Waals surface area contributed by atoms with Crippen LogP contribution in [-0.2, 0) is 16.7 Å². The van der Waals surface area contributed by atoms with Gasteiger partial charge >= 0.3 is 0 Å². The van der Waals surface area contributed by atoms with Gasteiger partial charge in [0.2, 0.25) is 0 Å². The maximum atomic E-state index is 10.8. The molecule has 0 saturated heterocycles. The molecule has 0 aliphatic carbocycles. The van der Waals surface area contributed by atoms with Crippen LogP contribution in [0.1, 0.15) is 5.56 Å². The molecule has 0 spiro atoms. The fraction of sp³-hybridized carbons (Fsp3) is 0.250. The summed E-state index contributed by atoms with van der Waals surface area (Å²) in [6.07, 6.45) is 0. The van der Waals surface area contributed by atoms with E-state index in [0.717, 1.165) is 0 Å². The van der Waals surface area contributed by atoms with Crippen molar-refractivity contribution in [3.63, 3.8) is 0 Å². The molecular formula is C8H10O5S. The van der Waals surface area contributed by atoms with E-state index in [1.165, 1.54) is 25.3 Å². The number of hydrogen-bond donors (Lipinski definition) is 2. The van der Waals surface area contributed by atoms with E-state index >= 15 is 0 Å². The summed E-state index contributed by atoms with van der Waals surface area (Å²) in [4.78, 5) is -0.308. The van der Waals surface area contributed by atoms with Gasteiger partial charge in [-0.15, -0.1) is 0 Å². The molecule has 0 heterocycles. The Bertz CT molecular complexity index is 423. The molecule has 78 valence electrons. The molecule has 6 heteroatoms. The molecule has 0 unspecified atom stereocenters. The number of rotatable bonds is 3. The van der Waals surface area contributed by atoms with E-state index in [-0.39, 0.29) is 17.3 Å². The van der Waals surface area contributed by atoms with Crippen molar-refractivity contribution in [1.29, 1.82) is 0 Å². The second-order valence-electron chi connectivity index (χ2n) is 2.62. The number of aliphatic hydroxyl groups is 1. The second kappa shape index (κ2) is 3.95. The maximum Gasteiger partial charge on any atom is 0.298 e. The van der Waals surface area contributed by atoms with Gasteiger partial charge in [0, 0.05) is 0 Å². The summed E-state index contributed by atoms with van der Waals surface area (Å²) in [7, 11) is -2.99. The van der Waals surface area contributed by atoms with E-state index in [9.17, 15) is 8.42 Å². The molecule has 0 bridgehead atoms. The molecule has 1 aromatic carbocycles. The van der Waals surface area contributed by atoms with Crippen LogP contribution in [0.15, 0.2) is 23.1 Å². The molecule has 0 amide bonds. The van der Waals surface area contributed by atoms with Crippen LogP contribution in [0.5, 0.6) is 5.75 Å². The lowest BCUT2D eigenvalue weighted by Gasteiger charge is -2.06. The van der Waals surface area contributed by atoms with Crippen LogP contribution < -0.4 is 4.74 Å². The minimum Gasteiger partial charge on any atom is -0.495 e. The minimum absolute atomic E-state index is 0.0130. The molecule has 0 aromatic heterocycles. The third kappa shape index (κ3) is 2.22. The van der Waals surface area contributed by atoms with Gasteiger partial charge in [-0.1, -0.05) is 6.07 Å². The van der Waals surface area contributed by atoms with Gasteiger partial charge in [0.15, 0.2) is 0 Å². The van der Waals surface area contributed by atoms with Gasteiger partial charge < -0.3 is 9.84 Å². The molecule has 0 saturated carbocycles. The Kier molecular flexibility index (Phi) is 3.10. The highest BCUT2D eigenvalue weighted by atomic mass is 32.2. The van der Waals surface area contributed by atoms with E-state index in [1.54, 1.807) is 0 Å². The van der Waals surface area contributed by atoms with Crippen LogP contribution in [0, 0.1) is 0 Å². The van der Waals surface area contributed by atoms with Gasteiger partial charge in [-0.2, -0.15) is 8.42 Å². The van der Waals surface area contributed by atoms with Gasteiger partial charge in [0.25, 0.3) is 10.1 Å². The van der Waals surface area contributed by atoms with Gasteiger partial charge in [-0.05, 0) is 17.7 Å². The normalized spacial score (nSPS) is 11.4. The fourth-order valence-corrected chi connectivity index (χ4v) is 1.66. The lowest BCUT2D eigenvalue weighted by atomic mass is 10.2. The Balaban J connectivity index is 3.33. The second-order valence-corrected chi connectivity index (χ2v) is 4.01. The molecule has 1 rings (SSSR count). The first kappa shape index (κ1) is 11.0. The summed E-state index contributed by atoms with van der Waals surface area (Å²) in [6.45, 7) is -0.220. The monoisotopic (exact) mass is 218 g/mol. The topological polar surface area (TPSA) is 83.8 Å². The third-order valence-electron chi connectivity index (χ3n) is 1.69. The number of methoxy groups -OCH3 is 1. The van der Waals surface area contributed by atoms with E-state index in [1.807, 2.05) is 0 Å². The molecule has 2 N–H and O–H groups in total. The summed E-state index contributed by atoms with van der Waals surface area (Å²) < 4.78 is 35.2. The number of aliphatic hydroxyl groups excluding tert-OH is 1. The van der Waals surface area contributed by atoms with Crippen molar-refractivity contribution >= 4 is 10.1 Å². The Morgan fingerprint density at radius 1 is 1.43 bits per heavy atom. The highest BCUT2D eigenvalue weighted by molar-refractivity contribution is 7.86. The van der Waals surface area contributed by atoms with Crippen molar-refractivity contribution in [2.24, 2.45) is 0 Å². The molecule has 0 radical (unpaired) electrons. The Morgan fingerprint density at radius 3 is 2.50 bits per heavy atom. The third-order valence-corrected chi connectivity index (χ3v) is 2.58. The molecule has 0 aliphatic rings. The zero-order chi connectivity index (χ0) is 10.8. The first-order chi connectivity index (χ1) is 6.49. The van der Waals surface area contributed by atoms with Crippen molar-refractivity contribution in [2.75, 3.05) is 7.11 Å². The Labute approximate surface area is 81.7 Å². The lowest BCUT2D eigenvalue weighted by molar-refractivity contribution is 0.280. The van der Waals surface area contributed by atoms with Crippen molar-refractivity contribution in [3.05, 3.63) is 23.8 Å². The molecule has 14 heavy (non-hydrogen) atoms. The first-order valence-electron chi connectivity index (χ1n) is 3.74. The van der Waals surface area contributed by atoms with Crippen molar-refractivity contribution in [2.45, 2.75) is 11.5 Å². The Hall–Kier alpha value is -1.11. The average molecular weight is 218 g/mol. The van der Waals surface area contributed by atoms with Crippen molar-refractivity contribution in [1.82, 2.24) is 0 Å². The smallest absolute Gasteiger partial charge is 0.298 e. The van der Waals surface area contributed by atoms with Gasteiger partial charge in [-0.3, -0.25) is 4.55 Å². The first-order valence-corrected chi connectivity index (χ1v) is 5.18. The summed E-state index contributed by atoms with van der Waals surface area (Å²) in [5, 5.41) is 8.78. The zero-order valence-electron chi connectivity index (χ0n) is 7.47. The number of hydrogen-bond acceptors (Lipinski definition) is 4. The van der Waals surface area contributed by atoms with Gasteiger partial charge in [-0.25, -0.2) is 0 Å². The quantitative estimate of drug-likeness (QED) is 0.719. The van der Waals surface area contributed by atoms with E-state index in [0.29, 0.717) is 5.56 Å². The van der Waals surface area contributed by atoms with Crippen molar-refractivity contribution in [3.8, 4) is 5.75 Å². The summed E-state index contributed by atoms with van der Waals surface area (Å²) in [5.41, 5.74) is 0.509. The van der Waals surface area contributed by atoms with Gasteiger partial charge in [0.05, 0.1) is 13.7 Å². The van der Waals surface area contributed by atoms with Crippen LogP contribution in [0.25, 0.3) is 0 Å². The van der Waals surface area contributed by atoms with E-state index in [2.05, 4.69) is 0 Å². The Morgan fingerprint density at radius 2 is 2.07 bits per heavy atom. The predicted molar refractivity (Wildman–Crippen MR) is 48.7 cm³/mol. The molecule has 0 atom stereocenters. The SMILES string of the molecule is COc1cc(CO)ccc1S(=O)(=O)O. The van der Waals surface area contributed by atoms with E-state index < -0.39 is 10.1 Å². The van der Waals surface area contributed by atoms with Crippen LogP contribution in [0.2, 0.25) is 0 Å². The fourth-order valence-electron chi connectivity index (χ4n) is 1.02. The molecule has 0 fully saturated rings. The number of ether oxygens (including phenoxy) is 1. The highest BCUT2D eigenvalue weighted by Gasteiger charge is 2.16. The lowest BCUT2D eigenvalue weighted by Crippen LogP contribution is -2.02. The highest BCUT2D eigenvalue weighted by Crippen LogP contribution is 2.24. The summed E-state index contributed by atoms with van der Waals surface area (Å²) in [5.74, 6) is 0.0130. The standard InChI is InChI=1S/C8H10O5S/c1-13-7-4-6(5-9)2-3-8(7)14(10,11)12/h2-4,9H,5H2,1H3,(H,10,11,12). The predicted octanol–water partition coefficient (Wildman–Crippen LogP) is 0.434. The number of benzene rings is 1. The van der Waals surface area contributed by atoms with Crippen molar-refractivity contribution < 1.29 is 22.8 Å². The molecule has 5 nitrogen and oxygen atoms in total. The van der Waals surface area contributed by atoms with Crippen LogP contribution in [-0.4, -0.2) is 25.2 Å². The molecule has 0 aliphatic heterocycles. The van der Waals surface area contributed by atoms with E-state index in [4.69, 9.17) is 14.4 Å². The minimum atomic E-state index is -4.28. The summed E-state index contributed by atoms with van der Waals surface area (Å²) in [6, 6.07) is 3.93. The summed E-state index contributed by atoms with van der Waals surface area (Å²) >= 11 is 0. The van der Waals surface area contributed by atoms with Crippen LogP contribution in [0.3, 0.4) is 0 Å². The average Bonchev–Trinajstić information content (AvgIpc) is 2.15. The van der Waals surface area contributed by atoms with Gasteiger partial charge in [0.1, 0.15) is 10.6 Å².